The third-order valence-electron chi connectivity index (χ3n) is 6.25. The van der Waals surface area contributed by atoms with Crippen LogP contribution >= 0.6 is 0 Å². The van der Waals surface area contributed by atoms with Crippen molar-refractivity contribution in [2.75, 3.05) is 23.7 Å². The van der Waals surface area contributed by atoms with Gasteiger partial charge in [-0.3, -0.25) is 14.4 Å². The Balaban J connectivity index is 1.43. The number of carbonyl (C=O) groups is 3. The van der Waals surface area contributed by atoms with Gasteiger partial charge in [0.25, 0.3) is 11.8 Å². The van der Waals surface area contributed by atoms with Crippen LogP contribution in [0.4, 0.5) is 11.4 Å². The Morgan fingerprint density at radius 2 is 1.50 bits per heavy atom. The summed E-state index contributed by atoms with van der Waals surface area (Å²) in [6.45, 7) is 7.80. The van der Waals surface area contributed by atoms with E-state index in [1.54, 1.807) is 30.3 Å². The number of hydrogen-bond acceptors (Lipinski definition) is 3. The first-order valence-electron chi connectivity index (χ1n) is 11.4. The zero-order valence-electron chi connectivity index (χ0n) is 19.0. The lowest BCUT2D eigenvalue weighted by Gasteiger charge is -2.35. The molecule has 4 rings (SSSR count). The summed E-state index contributed by atoms with van der Waals surface area (Å²) in [5, 5.41) is 5.81. The van der Waals surface area contributed by atoms with Crippen LogP contribution in [0.5, 0.6) is 0 Å². The van der Waals surface area contributed by atoms with E-state index < -0.39 is 0 Å². The van der Waals surface area contributed by atoms with Crippen molar-refractivity contribution in [1.82, 2.24) is 4.90 Å². The molecule has 2 fully saturated rings. The zero-order chi connectivity index (χ0) is 22.8. The number of anilines is 2. The van der Waals surface area contributed by atoms with Gasteiger partial charge in [-0.15, -0.1) is 0 Å². The van der Waals surface area contributed by atoms with Gasteiger partial charge in [0.1, 0.15) is 0 Å². The topological polar surface area (TPSA) is 78.5 Å². The molecule has 0 bridgehead atoms. The summed E-state index contributed by atoms with van der Waals surface area (Å²) < 4.78 is 0. The maximum atomic E-state index is 13.1. The van der Waals surface area contributed by atoms with Crippen LogP contribution in [0.25, 0.3) is 0 Å². The molecule has 1 saturated carbocycles. The number of benzene rings is 2. The fourth-order valence-electron chi connectivity index (χ4n) is 4.39. The van der Waals surface area contributed by atoms with E-state index in [4.69, 9.17) is 0 Å². The van der Waals surface area contributed by atoms with Gasteiger partial charge in [-0.05, 0) is 80.0 Å². The summed E-state index contributed by atoms with van der Waals surface area (Å²) in [4.78, 5) is 39.7. The van der Waals surface area contributed by atoms with Gasteiger partial charge in [0.15, 0.2) is 0 Å². The van der Waals surface area contributed by atoms with Gasteiger partial charge >= 0.3 is 0 Å². The number of piperidine rings is 1. The molecule has 6 nitrogen and oxygen atoms in total. The van der Waals surface area contributed by atoms with Crippen molar-refractivity contribution in [2.24, 2.45) is 17.8 Å². The summed E-state index contributed by atoms with van der Waals surface area (Å²) >= 11 is 0. The second-order valence-electron chi connectivity index (χ2n) is 9.48. The van der Waals surface area contributed by atoms with Crippen LogP contribution in [0.1, 0.15) is 59.4 Å². The molecular weight excluding hydrogens is 402 g/mol. The number of nitrogens with zero attached hydrogens (tertiary/aromatic N) is 1. The molecule has 1 saturated heterocycles. The van der Waals surface area contributed by atoms with Crippen LogP contribution < -0.4 is 10.6 Å². The molecule has 6 heteroatoms. The largest absolute Gasteiger partial charge is 0.338 e. The van der Waals surface area contributed by atoms with Crippen molar-refractivity contribution >= 4 is 29.1 Å². The second-order valence-corrected chi connectivity index (χ2v) is 9.48. The minimum atomic E-state index is -0.252. The van der Waals surface area contributed by atoms with E-state index in [0.717, 1.165) is 37.9 Å². The zero-order valence-corrected chi connectivity index (χ0v) is 19.0. The van der Waals surface area contributed by atoms with Gasteiger partial charge in [0.2, 0.25) is 5.91 Å². The molecule has 0 spiro atoms. The molecule has 2 unspecified atom stereocenters. The number of nitrogens with one attached hydrogen (secondary N) is 2. The Morgan fingerprint density at radius 1 is 0.875 bits per heavy atom. The highest BCUT2D eigenvalue weighted by atomic mass is 16.2. The first-order chi connectivity index (χ1) is 15.3. The maximum Gasteiger partial charge on any atom is 0.255 e. The third-order valence-corrected chi connectivity index (χ3v) is 6.25. The summed E-state index contributed by atoms with van der Waals surface area (Å²) in [5.74, 6) is 0.908. The normalized spacial score (nSPS) is 20.5. The fourth-order valence-corrected chi connectivity index (χ4v) is 4.39. The Bertz CT molecular complexity index is 1020. The van der Waals surface area contributed by atoms with E-state index >= 15 is 0 Å². The Hall–Kier alpha value is -3.15. The number of carbonyl (C=O) groups excluding carboxylic acids is 3. The summed E-state index contributed by atoms with van der Waals surface area (Å²) in [7, 11) is 0. The van der Waals surface area contributed by atoms with E-state index in [-0.39, 0.29) is 23.6 Å². The fraction of sp³-hybridized carbons (Fsp3) is 0.423. The van der Waals surface area contributed by atoms with Gasteiger partial charge in [0.05, 0.1) is 0 Å². The lowest BCUT2D eigenvalue weighted by molar-refractivity contribution is -0.117. The SMILES string of the molecule is Cc1ccc(C(=O)N2CC(C)CC(C)C2)cc1NC(=O)c1ccc(NC(=O)C2CC2)cc1. The quantitative estimate of drug-likeness (QED) is 0.717. The highest BCUT2D eigenvalue weighted by molar-refractivity contribution is 6.06. The van der Waals surface area contributed by atoms with Crippen molar-refractivity contribution in [3.05, 3.63) is 59.2 Å². The van der Waals surface area contributed by atoms with Gasteiger partial charge < -0.3 is 15.5 Å². The lowest BCUT2D eigenvalue weighted by Crippen LogP contribution is -2.42. The Morgan fingerprint density at radius 3 is 2.12 bits per heavy atom. The molecule has 1 heterocycles. The van der Waals surface area contributed by atoms with Gasteiger partial charge in [0, 0.05) is 41.5 Å². The summed E-state index contributed by atoms with van der Waals surface area (Å²) in [5.41, 5.74) is 3.29. The molecule has 0 radical (unpaired) electrons. The highest BCUT2D eigenvalue weighted by Crippen LogP contribution is 2.30. The molecule has 1 aliphatic carbocycles. The molecule has 2 aromatic rings. The van der Waals surface area contributed by atoms with Gasteiger partial charge in [-0.2, -0.15) is 0 Å². The predicted molar refractivity (Wildman–Crippen MR) is 126 cm³/mol. The number of amides is 3. The molecule has 168 valence electrons. The molecule has 32 heavy (non-hydrogen) atoms. The average molecular weight is 434 g/mol. The summed E-state index contributed by atoms with van der Waals surface area (Å²) in [6.07, 6.45) is 3.04. The predicted octanol–water partition coefficient (Wildman–Crippen LogP) is 4.71. The van der Waals surface area contributed by atoms with E-state index in [0.29, 0.717) is 34.3 Å². The number of rotatable bonds is 5. The summed E-state index contributed by atoms with van der Waals surface area (Å²) in [6, 6.07) is 12.3. The van der Waals surface area contributed by atoms with Gasteiger partial charge in [-0.1, -0.05) is 19.9 Å². The van der Waals surface area contributed by atoms with Crippen LogP contribution in [-0.4, -0.2) is 35.7 Å². The third kappa shape index (κ3) is 5.18. The first kappa shape index (κ1) is 22.1. The monoisotopic (exact) mass is 433 g/mol. The van der Waals surface area contributed by atoms with Crippen LogP contribution in [0.15, 0.2) is 42.5 Å². The first-order valence-corrected chi connectivity index (χ1v) is 11.4. The van der Waals surface area contributed by atoms with E-state index in [9.17, 15) is 14.4 Å². The van der Waals surface area contributed by atoms with Crippen LogP contribution in [0.3, 0.4) is 0 Å². The molecule has 2 aromatic carbocycles. The van der Waals surface area contributed by atoms with Crippen LogP contribution in [0, 0.1) is 24.7 Å². The van der Waals surface area contributed by atoms with Crippen LogP contribution in [-0.2, 0) is 4.79 Å². The molecule has 0 aromatic heterocycles. The average Bonchev–Trinajstić information content (AvgIpc) is 3.60. The van der Waals surface area contributed by atoms with Gasteiger partial charge in [-0.25, -0.2) is 0 Å². The number of hydrogen-bond donors (Lipinski definition) is 2. The molecule has 3 amide bonds. The van der Waals surface area contributed by atoms with Crippen molar-refractivity contribution in [1.29, 1.82) is 0 Å². The lowest BCUT2D eigenvalue weighted by atomic mass is 9.91. The minimum absolute atomic E-state index is 0.00894. The second kappa shape index (κ2) is 9.15. The number of likely N-dealkylation sites (tertiary alicyclic amines) is 1. The Kier molecular flexibility index (Phi) is 6.31. The van der Waals surface area contributed by atoms with Crippen molar-refractivity contribution in [3.8, 4) is 0 Å². The van der Waals surface area contributed by atoms with Crippen molar-refractivity contribution < 1.29 is 14.4 Å². The Labute approximate surface area is 189 Å². The van der Waals surface area contributed by atoms with Crippen molar-refractivity contribution in [3.63, 3.8) is 0 Å². The minimum Gasteiger partial charge on any atom is -0.338 e. The highest BCUT2D eigenvalue weighted by Gasteiger charge is 2.29. The van der Waals surface area contributed by atoms with E-state index in [1.807, 2.05) is 24.0 Å². The molecule has 1 aliphatic heterocycles. The molecule has 2 N–H and O–H groups in total. The number of aryl methyl sites for hydroxylation is 1. The van der Waals surface area contributed by atoms with Crippen molar-refractivity contribution in [2.45, 2.75) is 40.0 Å². The smallest absolute Gasteiger partial charge is 0.255 e. The maximum absolute atomic E-state index is 13.1. The van der Waals surface area contributed by atoms with E-state index in [1.165, 1.54) is 0 Å². The van der Waals surface area contributed by atoms with E-state index in [2.05, 4.69) is 24.5 Å². The molecule has 2 aliphatic rings. The standard InChI is InChI=1S/C26H31N3O3/c1-16-12-17(2)15-29(14-16)26(32)21-5-4-18(3)23(13-21)28-25(31)20-8-10-22(11-9-20)27-24(30)19-6-7-19/h4-5,8-11,13,16-17,19H,6-7,12,14-15H2,1-3H3,(H,27,30)(H,28,31). The van der Waals surface area contributed by atoms with Crippen LogP contribution in [0.2, 0.25) is 0 Å². The molecular formula is C26H31N3O3. The molecule has 2 atom stereocenters.